The second kappa shape index (κ2) is 9.81. The largest absolute Gasteiger partial charge is 0.383 e. The summed E-state index contributed by atoms with van der Waals surface area (Å²) in [5, 5.41) is 8.99. The van der Waals surface area contributed by atoms with E-state index in [-0.39, 0.29) is 6.04 Å². The van der Waals surface area contributed by atoms with Crippen molar-refractivity contribution in [3.63, 3.8) is 0 Å². The molecule has 1 aliphatic rings. The highest BCUT2D eigenvalue weighted by atomic mass is 35.5. The van der Waals surface area contributed by atoms with E-state index >= 15 is 0 Å². The van der Waals surface area contributed by atoms with Crippen LogP contribution in [0.1, 0.15) is 36.9 Å². The van der Waals surface area contributed by atoms with Crippen LogP contribution in [0.2, 0.25) is 5.02 Å². The number of ether oxygens (including phenoxy) is 1. The number of thiocarbonyl (C=S) groups is 1. The molecule has 4 rings (SSSR count). The van der Waals surface area contributed by atoms with E-state index in [9.17, 15) is 0 Å². The topological polar surface area (TPSA) is 63.4 Å². The molecule has 2 aromatic carbocycles. The number of allylic oxidation sites excluding steroid dienone is 1. The number of hydrogen-bond acceptors (Lipinski definition) is 5. The van der Waals surface area contributed by atoms with Crippen LogP contribution in [0.25, 0.3) is 17.0 Å². The van der Waals surface area contributed by atoms with Gasteiger partial charge in [0.1, 0.15) is 0 Å². The number of halogens is 1. The number of aromatic nitrogens is 2. The molecule has 0 saturated heterocycles. The molecule has 0 spiro atoms. The minimum atomic E-state index is -0.203. The second-order valence-corrected chi connectivity index (χ2v) is 8.37. The number of benzene rings is 2. The molecule has 0 aliphatic carbocycles. The van der Waals surface area contributed by atoms with Crippen LogP contribution < -0.4 is 5.32 Å². The lowest BCUT2D eigenvalue weighted by atomic mass is 9.94. The molecule has 1 atom stereocenters. The molecule has 0 bridgehead atoms. The highest BCUT2D eigenvalue weighted by molar-refractivity contribution is 7.80. The van der Waals surface area contributed by atoms with Crippen molar-refractivity contribution in [3.8, 4) is 11.4 Å². The lowest BCUT2D eigenvalue weighted by molar-refractivity contribution is 0.183. The van der Waals surface area contributed by atoms with Crippen molar-refractivity contribution in [1.82, 2.24) is 20.4 Å². The summed E-state index contributed by atoms with van der Waals surface area (Å²) in [6.07, 6.45) is 0.984. The van der Waals surface area contributed by atoms with Gasteiger partial charge in [-0.3, -0.25) is 0 Å². The molecule has 1 N–H and O–H groups in total. The van der Waals surface area contributed by atoms with Crippen molar-refractivity contribution >= 4 is 34.5 Å². The van der Waals surface area contributed by atoms with E-state index in [1.54, 1.807) is 7.11 Å². The van der Waals surface area contributed by atoms with E-state index < -0.39 is 0 Å². The fourth-order valence-corrected chi connectivity index (χ4v) is 4.23. The monoisotopic (exact) mass is 468 g/mol. The maximum absolute atomic E-state index is 6.02. The predicted octanol–water partition coefficient (Wildman–Crippen LogP) is 5.26. The Morgan fingerprint density at radius 3 is 2.53 bits per heavy atom. The first kappa shape index (κ1) is 22.5. The molecule has 0 saturated carbocycles. The SMILES string of the molecule is CCc1ccc(C2NC(=S)N(CCOC)C(C)=C2c2nc(-c3ccc(Cl)cc3)no2)cc1. The van der Waals surface area contributed by atoms with Gasteiger partial charge < -0.3 is 19.5 Å². The molecule has 1 aromatic heterocycles. The summed E-state index contributed by atoms with van der Waals surface area (Å²) in [4.78, 5) is 6.72. The normalized spacial score (nSPS) is 16.4. The molecule has 1 aliphatic heterocycles. The Bertz CT molecular complexity index is 1130. The van der Waals surface area contributed by atoms with Crippen molar-refractivity contribution in [2.24, 2.45) is 0 Å². The number of aryl methyl sites for hydroxylation is 1. The van der Waals surface area contributed by atoms with E-state index in [0.717, 1.165) is 28.8 Å². The molecule has 32 heavy (non-hydrogen) atoms. The smallest absolute Gasteiger partial charge is 0.258 e. The maximum atomic E-state index is 6.02. The van der Waals surface area contributed by atoms with E-state index in [1.165, 1.54) is 5.56 Å². The minimum Gasteiger partial charge on any atom is -0.383 e. The second-order valence-electron chi connectivity index (χ2n) is 7.55. The highest BCUT2D eigenvalue weighted by Gasteiger charge is 2.33. The van der Waals surface area contributed by atoms with Crippen LogP contribution in [0, 0.1) is 0 Å². The van der Waals surface area contributed by atoms with Crippen LogP contribution in [0.5, 0.6) is 0 Å². The van der Waals surface area contributed by atoms with Gasteiger partial charge in [-0.1, -0.05) is 47.9 Å². The third-order valence-corrected chi connectivity index (χ3v) is 6.19. The van der Waals surface area contributed by atoms with Gasteiger partial charge in [-0.2, -0.15) is 4.98 Å². The molecule has 0 amide bonds. The quantitative estimate of drug-likeness (QED) is 0.474. The van der Waals surface area contributed by atoms with Gasteiger partial charge in [-0.05, 0) is 61.0 Å². The maximum Gasteiger partial charge on any atom is 0.258 e. The van der Waals surface area contributed by atoms with Crippen LogP contribution in [0.4, 0.5) is 0 Å². The molecule has 166 valence electrons. The number of methoxy groups -OCH3 is 1. The first-order valence-corrected chi connectivity index (χ1v) is 11.3. The van der Waals surface area contributed by atoms with E-state index in [1.807, 2.05) is 36.1 Å². The fraction of sp³-hybridized carbons (Fsp3) is 0.292. The van der Waals surface area contributed by atoms with Gasteiger partial charge in [-0.25, -0.2) is 0 Å². The highest BCUT2D eigenvalue weighted by Crippen LogP contribution is 2.37. The van der Waals surface area contributed by atoms with Crippen molar-refractivity contribution in [3.05, 3.63) is 76.3 Å². The molecule has 0 radical (unpaired) electrons. The zero-order valence-electron chi connectivity index (χ0n) is 18.3. The van der Waals surface area contributed by atoms with Gasteiger partial charge in [-0.15, -0.1) is 0 Å². The fourth-order valence-electron chi connectivity index (χ4n) is 3.76. The molecule has 3 aromatic rings. The number of hydrogen-bond donors (Lipinski definition) is 1. The number of nitrogens with zero attached hydrogens (tertiary/aromatic N) is 3. The summed E-state index contributed by atoms with van der Waals surface area (Å²) < 4.78 is 11.0. The van der Waals surface area contributed by atoms with Gasteiger partial charge in [0.15, 0.2) is 5.11 Å². The number of nitrogens with one attached hydrogen (secondary N) is 1. The Balaban J connectivity index is 1.77. The molecular weight excluding hydrogens is 444 g/mol. The van der Waals surface area contributed by atoms with Crippen molar-refractivity contribution < 1.29 is 9.26 Å². The van der Waals surface area contributed by atoms with Gasteiger partial charge in [0.25, 0.3) is 5.89 Å². The van der Waals surface area contributed by atoms with E-state index in [2.05, 4.69) is 41.7 Å². The van der Waals surface area contributed by atoms with Crippen LogP contribution in [0.15, 0.2) is 58.8 Å². The molecule has 6 nitrogen and oxygen atoms in total. The Morgan fingerprint density at radius 2 is 1.88 bits per heavy atom. The lowest BCUT2D eigenvalue weighted by Crippen LogP contribution is -2.47. The van der Waals surface area contributed by atoms with Gasteiger partial charge in [0.05, 0.1) is 18.2 Å². The van der Waals surface area contributed by atoms with E-state index in [0.29, 0.717) is 35.0 Å². The Morgan fingerprint density at radius 1 is 1.16 bits per heavy atom. The third-order valence-electron chi connectivity index (χ3n) is 5.60. The minimum absolute atomic E-state index is 0.203. The van der Waals surface area contributed by atoms with Crippen LogP contribution in [-0.4, -0.2) is 40.4 Å². The first-order valence-electron chi connectivity index (χ1n) is 10.5. The van der Waals surface area contributed by atoms with Crippen LogP contribution in [0.3, 0.4) is 0 Å². The number of rotatable bonds is 7. The summed E-state index contributed by atoms with van der Waals surface area (Å²) in [5.74, 6) is 0.961. The Labute approximate surface area is 198 Å². The van der Waals surface area contributed by atoms with Gasteiger partial charge >= 0.3 is 0 Å². The summed E-state index contributed by atoms with van der Waals surface area (Å²) in [6, 6.07) is 15.7. The molecule has 0 fully saturated rings. The van der Waals surface area contributed by atoms with E-state index in [4.69, 9.17) is 38.1 Å². The average Bonchev–Trinajstić information content (AvgIpc) is 3.29. The zero-order chi connectivity index (χ0) is 22.7. The Hall–Kier alpha value is -2.74. The molecular formula is C24H25ClN4O2S. The summed E-state index contributed by atoms with van der Waals surface area (Å²) in [6.45, 7) is 5.33. The standard InChI is InChI=1S/C24H25ClN4O2S/c1-4-16-5-7-17(8-6-16)21-20(15(2)29(13-14-30-3)24(32)26-21)23-27-22(28-31-23)18-9-11-19(25)12-10-18/h5-12,21H,4,13-14H2,1-3H3,(H,26,32). The zero-order valence-corrected chi connectivity index (χ0v) is 19.8. The third kappa shape index (κ3) is 4.55. The molecule has 2 heterocycles. The predicted molar refractivity (Wildman–Crippen MR) is 130 cm³/mol. The van der Waals surface area contributed by atoms with Gasteiger partial charge in [0, 0.05) is 29.9 Å². The van der Waals surface area contributed by atoms with Crippen molar-refractivity contribution in [1.29, 1.82) is 0 Å². The Kier molecular flexibility index (Phi) is 6.89. The lowest BCUT2D eigenvalue weighted by Gasteiger charge is -2.37. The molecule has 1 unspecified atom stereocenters. The van der Waals surface area contributed by atoms with Gasteiger partial charge in [0.2, 0.25) is 5.82 Å². The van der Waals surface area contributed by atoms with Crippen LogP contribution >= 0.6 is 23.8 Å². The summed E-state index contributed by atoms with van der Waals surface area (Å²) >= 11 is 11.7. The summed E-state index contributed by atoms with van der Waals surface area (Å²) in [7, 11) is 1.68. The summed E-state index contributed by atoms with van der Waals surface area (Å²) in [5.41, 5.74) is 5.05. The average molecular weight is 469 g/mol. The van der Waals surface area contributed by atoms with Crippen LogP contribution in [-0.2, 0) is 11.2 Å². The molecule has 8 heteroatoms. The van der Waals surface area contributed by atoms with Crippen molar-refractivity contribution in [2.75, 3.05) is 20.3 Å². The first-order chi connectivity index (χ1) is 15.5. The van der Waals surface area contributed by atoms with Crippen molar-refractivity contribution in [2.45, 2.75) is 26.3 Å².